The third-order valence-electron chi connectivity index (χ3n) is 2.81. The standard InChI is InChI=1S/C14H15BrClN3O3/c1-7(17-9(3)20)14-18-13(19-22-14)8(2)21-12-5-4-10(15)6-11(12)16/h4-8H,1-3H3,(H,17,20). The molecule has 0 spiro atoms. The number of amides is 1. The van der Waals surface area contributed by atoms with Crippen LogP contribution in [0, 0.1) is 0 Å². The average molecular weight is 389 g/mol. The van der Waals surface area contributed by atoms with Gasteiger partial charge in [-0.3, -0.25) is 4.79 Å². The Kier molecular flexibility index (Phi) is 5.42. The zero-order valence-corrected chi connectivity index (χ0v) is 14.6. The first-order chi connectivity index (χ1) is 10.4. The first-order valence-corrected chi connectivity index (χ1v) is 7.76. The Bertz CT molecular complexity index is 677. The number of ether oxygens (including phenoxy) is 1. The van der Waals surface area contributed by atoms with Crippen molar-refractivity contribution in [2.24, 2.45) is 0 Å². The minimum atomic E-state index is -0.444. The SMILES string of the molecule is CC(=O)NC(C)c1nc(C(C)Oc2ccc(Br)cc2Cl)no1. The van der Waals surface area contributed by atoms with Crippen LogP contribution in [0.15, 0.2) is 27.2 Å². The molecule has 0 saturated heterocycles. The monoisotopic (exact) mass is 387 g/mol. The van der Waals surface area contributed by atoms with Crippen molar-refractivity contribution in [3.05, 3.63) is 39.4 Å². The molecule has 8 heteroatoms. The third-order valence-corrected chi connectivity index (χ3v) is 3.60. The van der Waals surface area contributed by atoms with Crippen LogP contribution in [-0.2, 0) is 4.79 Å². The number of nitrogens with zero attached hydrogens (tertiary/aromatic N) is 2. The Morgan fingerprint density at radius 3 is 2.82 bits per heavy atom. The van der Waals surface area contributed by atoms with E-state index in [4.69, 9.17) is 20.9 Å². The maximum absolute atomic E-state index is 11.0. The van der Waals surface area contributed by atoms with Crippen LogP contribution >= 0.6 is 27.5 Å². The predicted octanol–water partition coefficient (Wildman–Crippen LogP) is 3.82. The number of rotatable bonds is 5. The molecule has 1 aromatic heterocycles. The molecule has 1 amide bonds. The zero-order chi connectivity index (χ0) is 16.3. The molecule has 0 aliphatic carbocycles. The van der Waals surface area contributed by atoms with E-state index in [2.05, 4.69) is 31.4 Å². The second-order valence-corrected chi connectivity index (χ2v) is 6.07. The van der Waals surface area contributed by atoms with Gasteiger partial charge in [0.2, 0.25) is 17.6 Å². The summed E-state index contributed by atoms with van der Waals surface area (Å²) in [6.45, 7) is 4.97. The van der Waals surface area contributed by atoms with Crippen molar-refractivity contribution in [2.75, 3.05) is 0 Å². The summed E-state index contributed by atoms with van der Waals surface area (Å²) in [4.78, 5) is 15.3. The fourth-order valence-electron chi connectivity index (χ4n) is 1.77. The normalized spacial score (nSPS) is 13.5. The Morgan fingerprint density at radius 1 is 1.45 bits per heavy atom. The summed E-state index contributed by atoms with van der Waals surface area (Å²) >= 11 is 9.44. The topological polar surface area (TPSA) is 77.2 Å². The maximum atomic E-state index is 11.0. The van der Waals surface area contributed by atoms with Gasteiger partial charge in [0.15, 0.2) is 6.10 Å². The molecule has 0 saturated carbocycles. The summed E-state index contributed by atoms with van der Waals surface area (Å²) in [5, 5.41) is 7.03. The molecule has 0 radical (unpaired) electrons. The van der Waals surface area contributed by atoms with Crippen molar-refractivity contribution >= 4 is 33.4 Å². The van der Waals surface area contributed by atoms with Gasteiger partial charge >= 0.3 is 0 Å². The zero-order valence-electron chi connectivity index (χ0n) is 12.3. The first-order valence-electron chi connectivity index (χ1n) is 6.59. The van der Waals surface area contributed by atoms with E-state index < -0.39 is 6.10 Å². The Hall–Kier alpha value is -1.60. The molecule has 2 rings (SSSR count). The molecule has 2 atom stereocenters. The highest BCUT2D eigenvalue weighted by Crippen LogP contribution is 2.31. The molecule has 1 heterocycles. The fraction of sp³-hybridized carbons (Fsp3) is 0.357. The van der Waals surface area contributed by atoms with Crippen LogP contribution in [-0.4, -0.2) is 16.0 Å². The Labute approximate surface area is 141 Å². The van der Waals surface area contributed by atoms with Crippen LogP contribution in [0.3, 0.4) is 0 Å². The molecule has 2 aromatic rings. The predicted molar refractivity (Wildman–Crippen MR) is 84.7 cm³/mol. The summed E-state index contributed by atoms with van der Waals surface area (Å²) in [6, 6.07) is 4.96. The van der Waals surface area contributed by atoms with E-state index in [0.717, 1.165) is 4.47 Å². The molecule has 0 aliphatic heterocycles. The minimum absolute atomic E-state index is 0.168. The number of carbonyl (C=O) groups excluding carboxylic acids is 1. The van der Waals surface area contributed by atoms with Crippen molar-refractivity contribution in [1.29, 1.82) is 0 Å². The minimum Gasteiger partial charge on any atom is -0.481 e. The van der Waals surface area contributed by atoms with Crippen molar-refractivity contribution in [3.8, 4) is 5.75 Å². The summed E-state index contributed by atoms with van der Waals surface area (Å²) in [7, 11) is 0. The fourth-order valence-corrected chi connectivity index (χ4v) is 2.49. The average Bonchev–Trinajstić information content (AvgIpc) is 2.91. The number of benzene rings is 1. The number of carbonyl (C=O) groups is 1. The van der Waals surface area contributed by atoms with Crippen LogP contribution in [0.5, 0.6) is 5.75 Å². The van der Waals surface area contributed by atoms with E-state index in [0.29, 0.717) is 22.5 Å². The van der Waals surface area contributed by atoms with Gasteiger partial charge in [0.25, 0.3) is 0 Å². The lowest BCUT2D eigenvalue weighted by Gasteiger charge is -2.12. The molecule has 0 aliphatic rings. The number of hydrogen-bond donors (Lipinski definition) is 1. The van der Waals surface area contributed by atoms with Crippen molar-refractivity contribution in [1.82, 2.24) is 15.5 Å². The maximum Gasteiger partial charge on any atom is 0.249 e. The molecule has 0 fully saturated rings. The Balaban J connectivity index is 2.08. The van der Waals surface area contributed by atoms with Crippen molar-refractivity contribution in [3.63, 3.8) is 0 Å². The van der Waals surface area contributed by atoms with Crippen LogP contribution in [0.1, 0.15) is 44.6 Å². The largest absolute Gasteiger partial charge is 0.481 e. The van der Waals surface area contributed by atoms with Gasteiger partial charge in [-0.15, -0.1) is 0 Å². The van der Waals surface area contributed by atoms with E-state index in [1.165, 1.54) is 6.92 Å². The highest BCUT2D eigenvalue weighted by Gasteiger charge is 2.20. The van der Waals surface area contributed by atoms with Gasteiger partial charge < -0.3 is 14.6 Å². The smallest absolute Gasteiger partial charge is 0.249 e. The van der Waals surface area contributed by atoms with Gasteiger partial charge in [-0.1, -0.05) is 32.7 Å². The lowest BCUT2D eigenvalue weighted by molar-refractivity contribution is -0.119. The van der Waals surface area contributed by atoms with Crippen molar-refractivity contribution in [2.45, 2.75) is 32.9 Å². The quantitative estimate of drug-likeness (QED) is 0.842. The highest BCUT2D eigenvalue weighted by atomic mass is 79.9. The van der Waals surface area contributed by atoms with E-state index in [-0.39, 0.29) is 11.9 Å². The number of halogens is 2. The second kappa shape index (κ2) is 7.11. The summed E-state index contributed by atoms with van der Waals surface area (Å²) < 4.78 is 11.7. The molecule has 2 unspecified atom stereocenters. The molecule has 118 valence electrons. The van der Waals surface area contributed by atoms with Crippen molar-refractivity contribution < 1.29 is 14.1 Å². The second-order valence-electron chi connectivity index (χ2n) is 4.75. The van der Waals surface area contributed by atoms with E-state index in [1.807, 2.05) is 6.07 Å². The van der Waals surface area contributed by atoms with Crippen LogP contribution in [0.25, 0.3) is 0 Å². The molecular formula is C14H15BrClN3O3. The lowest BCUT2D eigenvalue weighted by Crippen LogP contribution is -2.23. The van der Waals surface area contributed by atoms with E-state index >= 15 is 0 Å². The van der Waals surface area contributed by atoms with Gasteiger partial charge in [-0.25, -0.2) is 0 Å². The van der Waals surface area contributed by atoms with Crippen LogP contribution in [0.2, 0.25) is 5.02 Å². The van der Waals surface area contributed by atoms with Gasteiger partial charge in [0.1, 0.15) is 11.8 Å². The molecular weight excluding hydrogens is 374 g/mol. The summed E-state index contributed by atoms with van der Waals surface area (Å²) in [6.07, 6.45) is -0.444. The van der Waals surface area contributed by atoms with E-state index in [9.17, 15) is 4.79 Å². The summed E-state index contributed by atoms with van der Waals surface area (Å²) in [5.41, 5.74) is 0. The van der Waals surface area contributed by atoms with E-state index in [1.54, 1.807) is 26.0 Å². The van der Waals surface area contributed by atoms with Crippen LogP contribution in [0.4, 0.5) is 0 Å². The molecule has 6 nitrogen and oxygen atoms in total. The number of nitrogens with one attached hydrogen (secondary N) is 1. The number of hydrogen-bond acceptors (Lipinski definition) is 5. The molecule has 1 aromatic carbocycles. The number of aromatic nitrogens is 2. The summed E-state index contributed by atoms with van der Waals surface area (Å²) in [5.74, 6) is 1.06. The lowest BCUT2D eigenvalue weighted by atomic mass is 10.3. The van der Waals surface area contributed by atoms with Gasteiger partial charge in [0, 0.05) is 11.4 Å². The Morgan fingerprint density at radius 2 is 2.18 bits per heavy atom. The first kappa shape index (κ1) is 16.8. The third kappa shape index (κ3) is 4.20. The molecule has 1 N–H and O–H groups in total. The molecule has 0 bridgehead atoms. The van der Waals surface area contributed by atoms with Crippen LogP contribution < -0.4 is 10.1 Å². The van der Waals surface area contributed by atoms with Gasteiger partial charge in [-0.05, 0) is 32.0 Å². The van der Waals surface area contributed by atoms with Gasteiger partial charge in [-0.2, -0.15) is 4.98 Å². The van der Waals surface area contributed by atoms with Gasteiger partial charge in [0.05, 0.1) is 5.02 Å². The molecule has 22 heavy (non-hydrogen) atoms. The highest BCUT2D eigenvalue weighted by molar-refractivity contribution is 9.10.